The van der Waals surface area contributed by atoms with E-state index in [0.717, 1.165) is 11.3 Å². The van der Waals surface area contributed by atoms with Crippen LogP contribution in [0.2, 0.25) is 5.02 Å². The summed E-state index contributed by atoms with van der Waals surface area (Å²) in [7, 11) is 0. The first-order chi connectivity index (χ1) is 9.15. The first-order valence-corrected chi connectivity index (χ1v) is 6.16. The van der Waals surface area contributed by atoms with Crippen LogP contribution in [0.15, 0.2) is 30.7 Å². The van der Waals surface area contributed by atoms with E-state index in [-0.39, 0.29) is 12.1 Å². The summed E-state index contributed by atoms with van der Waals surface area (Å²) >= 11 is 5.98. The molecule has 1 aliphatic heterocycles. The van der Waals surface area contributed by atoms with Crippen LogP contribution >= 0.6 is 11.6 Å². The van der Waals surface area contributed by atoms with Crippen molar-refractivity contribution in [3.05, 3.63) is 52.6 Å². The van der Waals surface area contributed by atoms with Crippen LogP contribution in [0.25, 0.3) is 0 Å². The lowest BCUT2D eigenvalue weighted by Crippen LogP contribution is -2.38. The molecule has 19 heavy (non-hydrogen) atoms. The number of aryl methyl sites for hydroxylation is 1. The van der Waals surface area contributed by atoms with Crippen molar-refractivity contribution in [2.24, 2.45) is 0 Å². The molecule has 2 aromatic heterocycles. The van der Waals surface area contributed by atoms with Crippen LogP contribution in [-0.4, -0.2) is 15.9 Å². The Bertz CT molecular complexity index is 659. The Labute approximate surface area is 115 Å². The lowest BCUT2D eigenvalue weighted by atomic mass is 10.1. The molecule has 0 bridgehead atoms. The minimum atomic E-state index is -0.304. The zero-order chi connectivity index (χ0) is 13.4. The summed E-state index contributed by atoms with van der Waals surface area (Å²) in [5, 5.41) is 6.41. The van der Waals surface area contributed by atoms with E-state index in [9.17, 15) is 4.79 Å². The third kappa shape index (κ3) is 2.13. The van der Waals surface area contributed by atoms with Gasteiger partial charge in [-0.05, 0) is 24.6 Å². The molecular weight excluding hydrogens is 264 g/mol. The number of halogens is 1. The van der Waals surface area contributed by atoms with Gasteiger partial charge < -0.3 is 10.6 Å². The fourth-order valence-electron chi connectivity index (χ4n) is 2.08. The van der Waals surface area contributed by atoms with Crippen LogP contribution in [0.4, 0.5) is 5.69 Å². The van der Waals surface area contributed by atoms with Crippen molar-refractivity contribution in [3.63, 3.8) is 0 Å². The lowest BCUT2D eigenvalue weighted by molar-refractivity contribution is 0.0935. The highest BCUT2D eigenvalue weighted by Gasteiger charge is 2.26. The largest absolute Gasteiger partial charge is 0.360 e. The zero-order valence-electron chi connectivity index (χ0n) is 10.1. The van der Waals surface area contributed by atoms with Crippen molar-refractivity contribution in [3.8, 4) is 0 Å². The number of pyridine rings is 2. The van der Waals surface area contributed by atoms with E-state index < -0.39 is 0 Å². The van der Waals surface area contributed by atoms with Crippen molar-refractivity contribution < 1.29 is 4.79 Å². The fourth-order valence-corrected chi connectivity index (χ4v) is 2.33. The molecule has 96 valence electrons. The van der Waals surface area contributed by atoms with Crippen LogP contribution in [-0.2, 0) is 0 Å². The molecule has 0 saturated heterocycles. The standard InChI is InChI=1S/C13H11ClN4O/c1-7-4-8(2-3-16-7)12-17-10-6-15-5-9(14)11(10)13(19)18-12/h2-6,12,17H,1H3,(H,18,19). The van der Waals surface area contributed by atoms with Gasteiger partial charge in [0.1, 0.15) is 6.17 Å². The van der Waals surface area contributed by atoms with Gasteiger partial charge in [0.25, 0.3) is 5.91 Å². The van der Waals surface area contributed by atoms with Crippen LogP contribution in [0.5, 0.6) is 0 Å². The van der Waals surface area contributed by atoms with Crippen LogP contribution < -0.4 is 10.6 Å². The van der Waals surface area contributed by atoms with Gasteiger partial charge >= 0.3 is 0 Å². The molecule has 0 aromatic carbocycles. The monoisotopic (exact) mass is 274 g/mol. The maximum absolute atomic E-state index is 12.1. The molecule has 3 rings (SSSR count). The van der Waals surface area contributed by atoms with Crippen LogP contribution in [0, 0.1) is 6.92 Å². The van der Waals surface area contributed by atoms with Crippen LogP contribution in [0.1, 0.15) is 27.8 Å². The molecule has 2 aromatic rings. The summed E-state index contributed by atoms with van der Waals surface area (Å²) < 4.78 is 0. The van der Waals surface area contributed by atoms with Gasteiger partial charge in [0.2, 0.25) is 0 Å². The molecule has 0 radical (unpaired) electrons. The number of nitrogens with zero attached hydrogens (tertiary/aromatic N) is 2. The van der Waals surface area contributed by atoms with E-state index in [4.69, 9.17) is 11.6 Å². The maximum atomic E-state index is 12.1. The zero-order valence-corrected chi connectivity index (χ0v) is 10.9. The first kappa shape index (κ1) is 11.9. The second-order valence-electron chi connectivity index (χ2n) is 4.33. The molecule has 1 atom stereocenters. The predicted octanol–water partition coefficient (Wildman–Crippen LogP) is 2.29. The van der Waals surface area contributed by atoms with E-state index in [1.165, 1.54) is 6.20 Å². The van der Waals surface area contributed by atoms with Crippen LogP contribution in [0.3, 0.4) is 0 Å². The van der Waals surface area contributed by atoms with Gasteiger partial charge in [-0.2, -0.15) is 0 Å². The minimum absolute atomic E-state index is 0.208. The summed E-state index contributed by atoms with van der Waals surface area (Å²) in [5.41, 5.74) is 2.89. The number of hydrogen-bond acceptors (Lipinski definition) is 4. The quantitative estimate of drug-likeness (QED) is 0.837. The smallest absolute Gasteiger partial charge is 0.256 e. The number of anilines is 1. The molecule has 0 spiro atoms. The van der Waals surface area contributed by atoms with E-state index in [1.54, 1.807) is 12.4 Å². The van der Waals surface area contributed by atoms with Gasteiger partial charge in [-0.15, -0.1) is 0 Å². The van der Waals surface area contributed by atoms with Crippen molar-refractivity contribution in [1.82, 2.24) is 15.3 Å². The molecule has 1 amide bonds. The van der Waals surface area contributed by atoms with E-state index >= 15 is 0 Å². The fraction of sp³-hybridized carbons (Fsp3) is 0.154. The van der Waals surface area contributed by atoms with Gasteiger partial charge in [-0.1, -0.05) is 11.6 Å². The summed E-state index contributed by atoms with van der Waals surface area (Å²) in [6, 6.07) is 3.77. The molecule has 5 nitrogen and oxygen atoms in total. The Balaban J connectivity index is 2.00. The average molecular weight is 275 g/mol. The number of carbonyl (C=O) groups is 1. The Morgan fingerprint density at radius 3 is 2.95 bits per heavy atom. The van der Waals surface area contributed by atoms with Gasteiger partial charge in [0.15, 0.2) is 0 Å². The number of amides is 1. The third-order valence-electron chi connectivity index (χ3n) is 2.96. The average Bonchev–Trinajstić information content (AvgIpc) is 2.38. The molecule has 0 aliphatic carbocycles. The first-order valence-electron chi connectivity index (χ1n) is 5.78. The van der Waals surface area contributed by atoms with Gasteiger partial charge in [0, 0.05) is 18.1 Å². The number of carbonyl (C=O) groups excluding carboxylic acids is 1. The molecule has 1 aliphatic rings. The van der Waals surface area contributed by atoms with E-state index in [2.05, 4.69) is 20.6 Å². The number of nitrogens with one attached hydrogen (secondary N) is 2. The summed E-state index contributed by atoms with van der Waals surface area (Å²) in [6.07, 6.45) is 4.46. The normalized spacial score (nSPS) is 17.4. The predicted molar refractivity (Wildman–Crippen MR) is 72.1 cm³/mol. The van der Waals surface area contributed by atoms with Crippen molar-refractivity contribution in [2.75, 3.05) is 5.32 Å². The topological polar surface area (TPSA) is 66.9 Å². The van der Waals surface area contributed by atoms with Gasteiger partial charge in [-0.3, -0.25) is 14.8 Å². The number of rotatable bonds is 1. The summed E-state index contributed by atoms with van der Waals surface area (Å²) in [5.74, 6) is -0.208. The Morgan fingerprint density at radius 1 is 1.32 bits per heavy atom. The minimum Gasteiger partial charge on any atom is -0.360 e. The van der Waals surface area contributed by atoms with E-state index in [1.807, 2.05) is 19.1 Å². The number of fused-ring (bicyclic) bond motifs is 1. The lowest BCUT2D eigenvalue weighted by Gasteiger charge is -2.28. The highest BCUT2D eigenvalue weighted by atomic mass is 35.5. The second-order valence-corrected chi connectivity index (χ2v) is 4.73. The van der Waals surface area contributed by atoms with E-state index in [0.29, 0.717) is 16.3 Å². The molecular formula is C13H11ClN4O. The van der Waals surface area contributed by atoms with Gasteiger partial charge in [-0.25, -0.2) is 0 Å². The Hall–Kier alpha value is -2.14. The molecule has 0 fully saturated rings. The molecule has 6 heteroatoms. The van der Waals surface area contributed by atoms with Gasteiger partial charge in [0.05, 0.1) is 22.5 Å². The number of hydrogen-bond donors (Lipinski definition) is 2. The van der Waals surface area contributed by atoms with Crippen molar-refractivity contribution >= 4 is 23.2 Å². The van der Waals surface area contributed by atoms with Crippen molar-refractivity contribution in [1.29, 1.82) is 0 Å². The molecule has 0 saturated carbocycles. The summed E-state index contributed by atoms with van der Waals surface area (Å²) in [4.78, 5) is 20.2. The maximum Gasteiger partial charge on any atom is 0.256 e. The van der Waals surface area contributed by atoms with Crippen molar-refractivity contribution in [2.45, 2.75) is 13.1 Å². The Kier molecular flexibility index (Phi) is 2.83. The second kappa shape index (κ2) is 4.51. The molecule has 3 heterocycles. The molecule has 1 unspecified atom stereocenters. The SMILES string of the molecule is Cc1cc(C2NC(=O)c3c(Cl)cncc3N2)ccn1. The summed E-state index contributed by atoms with van der Waals surface area (Å²) in [6.45, 7) is 1.90. The number of aromatic nitrogens is 2. The Morgan fingerprint density at radius 2 is 2.16 bits per heavy atom. The molecule has 2 N–H and O–H groups in total. The highest BCUT2D eigenvalue weighted by Crippen LogP contribution is 2.30. The highest BCUT2D eigenvalue weighted by molar-refractivity contribution is 6.34. The third-order valence-corrected chi connectivity index (χ3v) is 3.24.